The fraction of sp³-hybridized carbons (Fsp3) is 0.273. The maximum absolute atomic E-state index is 13.7. The predicted molar refractivity (Wildman–Crippen MR) is 168 cm³/mol. The number of rotatable bonds is 9. The van der Waals surface area contributed by atoms with Gasteiger partial charge in [-0.2, -0.15) is 0 Å². The first-order valence-corrected chi connectivity index (χ1v) is 16.0. The molecule has 1 aromatic heterocycles. The summed E-state index contributed by atoms with van der Waals surface area (Å²) >= 11 is 2.76. The Morgan fingerprint density at radius 1 is 1.12 bits per heavy atom. The Balaban J connectivity index is 1.39. The lowest BCUT2D eigenvalue weighted by Crippen LogP contribution is -2.29. The summed E-state index contributed by atoms with van der Waals surface area (Å²) in [5.74, 6) is 0.264. The molecule has 220 valence electrons. The molecule has 3 heterocycles. The molecule has 3 aromatic carbocycles. The molecule has 0 bridgehead atoms. The van der Waals surface area contributed by atoms with Gasteiger partial charge in [0.25, 0.3) is 5.78 Å². The van der Waals surface area contributed by atoms with E-state index >= 15 is 0 Å². The Bertz CT molecular complexity index is 1720. The lowest BCUT2D eigenvalue weighted by Gasteiger charge is -2.23. The molecule has 2 aliphatic heterocycles. The number of aliphatic hydroxyl groups is 1. The number of ketones is 1. The minimum Gasteiger partial charge on any atom is -0.507 e. The third kappa shape index (κ3) is 5.89. The summed E-state index contributed by atoms with van der Waals surface area (Å²) in [6, 6.07) is 20.0. The molecule has 0 radical (unpaired) electrons. The molecule has 1 amide bonds. The number of aryl methyl sites for hydroxylation is 1. The van der Waals surface area contributed by atoms with Crippen molar-refractivity contribution in [2.75, 3.05) is 11.5 Å². The van der Waals surface area contributed by atoms with E-state index in [9.17, 15) is 14.7 Å². The van der Waals surface area contributed by atoms with Crippen molar-refractivity contribution >= 4 is 45.7 Å². The molecule has 0 saturated carbocycles. The topological polar surface area (TPSA) is 102 Å². The van der Waals surface area contributed by atoms with Crippen LogP contribution in [0.4, 0.5) is 5.13 Å². The normalized spacial score (nSPS) is 19.0. The summed E-state index contributed by atoms with van der Waals surface area (Å²) < 4.78 is 12.4. The van der Waals surface area contributed by atoms with Gasteiger partial charge >= 0.3 is 5.91 Å². The number of Topliss-reactive ketones (excluding diaryl/α,β-unsaturated/α-hetero) is 1. The van der Waals surface area contributed by atoms with Crippen LogP contribution in [0.1, 0.15) is 54.1 Å². The summed E-state index contributed by atoms with van der Waals surface area (Å²) in [6.07, 6.45) is 1.55. The van der Waals surface area contributed by atoms with E-state index in [4.69, 9.17) is 9.47 Å². The first-order valence-electron chi connectivity index (χ1n) is 14.2. The van der Waals surface area contributed by atoms with Crippen LogP contribution in [0.25, 0.3) is 5.76 Å². The Morgan fingerprint density at radius 2 is 1.93 bits per heavy atom. The van der Waals surface area contributed by atoms with Gasteiger partial charge in [0.2, 0.25) is 5.13 Å². The quantitative estimate of drug-likeness (QED) is 0.0717. The number of benzene rings is 3. The average molecular weight is 614 g/mol. The Morgan fingerprint density at radius 3 is 2.72 bits per heavy atom. The van der Waals surface area contributed by atoms with Crippen molar-refractivity contribution in [2.45, 2.75) is 55.9 Å². The monoisotopic (exact) mass is 613 g/mol. The van der Waals surface area contributed by atoms with Crippen LogP contribution in [0, 0.1) is 6.92 Å². The second kappa shape index (κ2) is 12.2. The van der Waals surface area contributed by atoms with Crippen molar-refractivity contribution in [3.8, 4) is 11.5 Å². The molecule has 0 aliphatic carbocycles. The van der Waals surface area contributed by atoms with Crippen LogP contribution in [0.5, 0.6) is 11.5 Å². The van der Waals surface area contributed by atoms with Crippen LogP contribution in [0.15, 0.2) is 76.6 Å². The molecule has 0 spiro atoms. The summed E-state index contributed by atoms with van der Waals surface area (Å²) in [6.45, 7) is 6.57. The molecule has 2 aliphatic rings. The number of aliphatic hydroxyl groups excluding tert-OH is 1. The minimum atomic E-state index is -0.920. The fourth-order valence-electron chi connectivity index (χ4n) is 5.25. The second-order valence-corrected chi connectivity index (χ2v) is 12.8. The van der Waals surface area contributed by atoms with E-state index in [1.54, 1.807) is 18.2 Å². The lowest BCUT2D eigenvalue weighted by molar-refractivity contribution is -0.132. The number of amides is 1. The molecule has 8 nitrogen and oxygen atoms in total. The molecule has 1 fully saturated rings. The van der Waals surface area contributed by atoms with E-state index in [-0.39, 0.29) is 22.6 Å². The maximum atomic E-state index is 13.7. The number of nitrogens with zero attached hydrogens (tertiary/aromatic N) is 3. The summed E-state index contributed by atoms with van der Waals surface area (Å²) in [4.78, 5) is 28.7. The molecule has 0 unspecified atom stereocenters. The zero-order chi connectivity index (χ0) is 30.1. The van der Waals surface area contributed by atoms with Gasteiger partial charge in [-0.05, 0) is 67.3 Å². The Labute approximate surface area is 258 Å². The van der Waals surface area contributed by atoms with Crippen molar-refractivity contribution < 1.29 is 24.2 Å². The minimum absolute atomic E-state index is 0.00591. The summed E-state index contributed by atoms with van der Waals surface area (Å²) in [5.41, 5.74) is 4.34. The van der Waals surface area contributed by atoms with Gasteiger partial charge in [0, 0.05) is 17.7 Å². The fourth-order valence-corrected chi connectivity index (χ4v) is 7.08. The maximum Gasteiger partial charge on any atom is 0.301 e. The Hall–Kier alpha value is -4.15. The molecule has 43 heavy (non-hydrogen) atoms. The molecule has 2 atom stereocenters. The number of ether oxygens (including phenoxy) is 2. The standard InChI is InChI=1S/C33H31N3O5S2/c1-4-14-40-25-7-5-6-22(17-25)28-27(29(37)23-12-13-26-24(16-23)15-20(3)41-26)30(38)31(39)36(28)32-34-35-33(43-32)42-18-21-10-8-19(2)9-11-21/h5-13,16-17,20,28,37H,4,14-15,18H2,1-3H3/t20-,28+/m0/s1. The van der Waals surface area contributed by atoms with Crippen molar-refractivity contribution in [3.63, 3.8) is 0 Å². The smallest absolute Gasteiger partial charge is 0.301 e. The Kier molecular flexibility index (Phi) is 8.23. The van der Waals surface area contributed by atoms with Gasteiger partial charge in [0.1, 0.15) is 23.4 Å². The number of aromatic nitrogens is 2. The molecule has 6 rings (SSSR count). The number of thioether (sulfide) groups is 1. The van der Waals surface area contributed by atoms with E-state index < -0.39 is 17.7 Å². The van der Waals surface area contributed by atoms with Gasteiger partial charge in [-0.1, -0.05) is 72.0 Å². The van der Waals surface area contributed by atoms with E-state index in [0.717, 1.165) is 23.3 Å². The van der Waals surface area contributed by atoms with Gasteiger partial charge in [-0.25, -0.2) is 0 Å². The van der Waals surface area contributed by atoms with E-state index in [2.05, 4.69) is 34.5 Å². The van der Waals surface area contributed by atoms with Crippen molar-refractivity contribution in [2.24, 2.45) is 0 Å². The first-order chi connectivity index (χ1) is 20.8. The summed E-state index contributed by atoms with van der Waals surface area (Å²) in [5, 5.41) is 20.6. The summed E-state index contributed by atoms with van der Waals surface area (Å²) in [7, 11) is 0. The number of carbonyl (C=O) groups excluding carboxylic acids is 2. The lowest BCUT2D eigenvalue weighted by atomic mass is 9.94. The van der Waals surface area contributed by atoms with Crippen molar-refractivity contribution in [1.29, 1.82) is 0 Å². The molecular formula is C33H31N3O5S2. The van der Waals surface area contributed by atoms with Gasteiger partial charge in [-0.3, -0.25) is 14.5 Å². The van der Waals surface area contributed by atoms with Crippen LogP contribution in [0.3, 0.4) is 0 Å². The number of hydrogen-bond donors (Lipinski definition) is 1. The highest BCUT2D eigenvalue weighted by atomic mass is 32.2. The highest BCUT2D eigenvalue weighted by molar-refractivity contribution is 8.00. The van der Waals surface area contributed by atoms with Crippen molar-refractivity contribution in [3.05, 3.63) is 100 Å². The number of hydrogen-bond acceptors (Lipinski definition) is 9. The number of carbonyl (C=O) groups is 2. The largest absolute Gasteiger partial charge is 0.507 e. The number of fused-ring (bicyclic) bond motifs is 1. The molecule has 4 aromatic rings. The van der Waals surface area contributed by atoms with Gasteiger partial charge in [0.15, 0.2) is 4.34 Å². The third-order valence-corrected chi connectivity index (χ3v) is 9.47. The predicted octanol–water partition coefficient (Wildman–Crippen LogP) is 6.88. The van der Waals surface area contributed by atoms with Crippen LogP contribution in [-0.2, 0) is 21.8 Å². The molecule has 10 heteroatoms. The van der Waals surface area contributed by atoms with E-state index in [0.29, 0.717) is 40.0 Å². The van der Waals surface area contributed by atoms with Crippen LogP contribution >= 0.6 is 23.1 Å². The van der Waals surface area contributed by atoms with Crippen LogP contribution in [-0.4, -0.2) is 39.7 Å². The number of anilines is 1. The van der Waals surface area contributed by atoms with Crippen LogP contribution < -0.4 is 14.4 Å². The van der Waals surface area contributed by atoms with Crippen molar-refractivity contribution in [1.82, 2.24) is 10.2 Å². The first kappa shape index (κ1) is 28.9. The second-order valence-electron chi connectivity index (χ2n) is 10.7. The zero-order valence-corrected chi connectivity index (χ0v) is 25.7. The van der Waals surface area contributed by atoms with E-state index in [1.807, 2.05) is 45.0 Å². The van der Waals surface area contributed by atoms with Gasteiger partial charge in [-0.15, -0.1) is 10.2 Å². The zero-order valence-electron chi connectivity index (χ0n) is 24.1. The van der Waals surface area contributed by atoms with Crippen LogP contribution in [0.2, 0.25) is 0 Å². The average Bonchev–Trinajstić information content (AvgIpc) is 3.70. The molecular weight excluding hydrogens is 583 g/mol. The highest BCUT2D eigenvalue weighted by Crippen LogP contribution is 2.45. The molecule has 1 saturated heterocycles. The highest BCUT2D eigenvalue weighted by Gasteiger charge is 2.48. The SMILES string of the molecule is CCCOc1cccc([C@@H]2C(=C(O)c3ccc4c(c3)C[C@H](C)O4)C(=O)C(=O)N2c2nnc(SCc3ccc(C)cc3)s2)c1. The van der Waals surface area contributed by atoms with Gasteiger partial charge < -0.3 is 14.6 Å². The third-order valence-electron chi connectivity index (χ3n) is 7.35. The molecule has 1 N–H and O–H groups in total. The van der Waals surface area contributed by atoms with Gasteiger partial charge in [0.05, 0.1) is 18.2 Å². The van der Waals surface area contributed by atoms with E-state index in [1.165, 1.54) is 33.6 Å².